The maximum atomic E-state index is 15.9. The summed E-state index contributed by atoms with van der Waals surface area (Å²) >= 11 is 6.37. The van der Waals surface area contributed by atoms with E-state index in [1.54, 1.807) is 32.0 Å². The number of carbonyl (C=O) groups excluding carboxylic acids is 1. The van der Waals surface area contributed by atoms with Crippen LogP contribution in [0.25, 0.3) is 0 Å². The van der Waals surface area contributed by atoms with E-state index < -0.39 is 66.8 Å². The Labute approximate surface area is 216 Å². The van der Waals surface area contributed by atoms with Crippen LogP contribution in [0.2, 0.25) is 0 Å². The van der Waals surface area contributed by atoms with Gasteiger partial charge in [-0.15, -0.1) is 11.6 Å². The molecule has 0 aliphatic carbocycles. The van der Waals surface area contributed by atoms with Crippen molar-refractivity contribution in [2.24, 2.45) is 0 Å². The van der Waals surface area contributed by atoms with Gasteiger partial charge in [-0.2, -0.15) is 5.09 Å². The van der Waals surface area contributed by atoms with Gasteiger partial charge in [-0.25, -0.2) is 13.8 Å². The largest absolute Gasteiger partial charge is 0.462 e. The van der Waals surface area contributed by atoms with Crippen LogP contribution in [0.1, 0.15) is 33.9 Å². The Morgan fingerprint density at radius 3 is 2.54 bits per heavy atom. The minimum absolute atomic E-state index is 0.0726. The average Bonchev–Trinajstić information content (AvgIpc) is 2.98. The number of hydrogen-bond acceptors (Lipinski definition) is 9. The summed E-state index contributed by atoms with van der Waals surface area (Å²) in [6.45, 7) is 4.62. The molecule has 1 aromatic carbocycles. The number of nitrogens with zero attached hydrogens (tertiary/aromatic N) is 1. The van der Waals surface area contributed by atoms with Crippen LogP contribution in [0.15, 0.2) is 52.2 Å². The van der Waals surface area contributed by atoms with E-state index in [-0.39, 0.29) is 5.75 Å². The minimum atomic E-state index is -4.51. The zero-order valence-corrected chi connectivity index (χ0v) is 22.1. The molecular formula is C22H28ClFN3O9P. The summed E-state index contributed by atoms with van der Waals surface area (Å²) in [7, 11) is -4.51. The van der Waals surface area contributed by atoms with Gasteiger partial charge in [0.15, 0.2) is 6.23 Å². The van der Waals surface area contributed by atoms with Crippen LogP contribution < -0.4 is 20.9 Å². The molecule has 2 heterocycles. The molecule has 204 valence electrons. The van der Waals surface area contributed by atoms with Crippen molar-refractivity contribution >= 4 is 25.3 Å². The van der Waals surface area contributed by atoms with E-state index in [2.05, 4.69) is 5.09 Å². The van der Waals surface area contributed by atoms with Gasteiger partial charge in [0.2, 0.25) is 0 Å². The highest BCUT2D eigenvalue weighted by Gasteiger charge is 2.63. The molecule has 0 amide bonds. The molecule has 1 aliphatic rings. The fraction of sp³-hybridized carbons (Fsp3) is 0.500. The second-order valence-electron chi connectivity index (χ2n) is 8.84. The number of carbonyl (C=O) groups is 1. The SMILES string of the molecule is CC(C)OC(=O)[C@H](C)NP(=O)(OC[C@@]1(F)O[C@@H](n2ccc(=O)[nH]c2=O)[C@](C)(Cl)[C@@H]1O)Oc1ccccc1. The smallest absolute Gasteiger partial charge is 0.459 e. The molecule has 1 aliphatic heterocycles. The molecule has 15 heteroatoms. The van der Waals surface area contributed by atoms with Crippen LogP contribution in [-0.4, -0.2) is 56.2 Å². The quantitative estimate of drug-likeness (QED) is 0.222. The van der Waals surface area contributed by atoms with E-state index in [1.165, 1.54) is 26.0 Å². The highest BCUT2D eigenvalue weighted by atomic mass is 35.5. The topological polar surface area (TPSA) is 158 Å². The van der Waals surface area contributed by atoms with Gasteiger partial charge in [0.25, 0.3) is 11.4 Å². The third-order valence-corrected chi connectivity index (χ3v) is 7.31. The van der Waals surface area contributed by atoms with E-state index in [4.69, 9.17) is 30.1 Å². The number of nitrogens with one attached hydrogen (secondary N) is 2. The van der Waals surface area contributed by atoms with Crippen LogP contribution in [0.4, 0.5) is 4.39 Å². The Balaban J connectivity index is 1.86. The summed E-state index contributed by atoms with van der Waals surface area (Å²) in [5.74, 6) is -3.78. The number of hydrogen-bond donors (Lipinski definition) is 3. The number of ether oxygens (including phenoxy) is 2. The van der Waals surface area contributed by atoms with E-state index in [1.807, 2.05) is 4.98 Å². The van der Waals surface area contributed by atoms with Crippen molar-refractivity contribution in [2.75, 3.05) is 6.61 Å². The fourth-order valence-electron chi connectivity index (χ4n) is 3.48. The lowest BCUT2D eigenvalue weighted by atomic mass is 10.00. The number of aromatic amines is 1. The van der Waals surface area contributed by atoms with Crippen LogP contribution in [0.5, 0.6) is 5.75 Å². The van der Waals surface area contributed by atoms with Crippen LogP contribution >= 0.6 is 19.3 Å². The predicted octanol–water partition coefficient (Wildman–Crippen LogP) is 2.22. The summed E-state index contributed by atoms with van der Waals surface area (Å²) in [4.78, 5) is 36.0. The van der Waals surface area contributed by atoms with Crippen molar-refractivity contribution in [3.63, 3.8) is 0 Å². The zero-order chi connectivity index (χ0) is 27.6. The number of rotatable bonds is 10. The maximum absolute atomic E-state index is 15.9. The molecule has 0 spiro atoms. The first-order chi connectivity index (χ1) is 17.2. The van der Waals surface area contributed by atoms with Crippen LogP contribution in [-0.2, 0) is 23.4 Å². The highest BCUT2D eigenvalue weighted by molar-refractivity contribution is 7.52. The average molecular weight is 564 g/mol. The zero-order valence-electron chi connectivity index (χ0n) is 20.4. The number of para-hydroxylation sites is 1. The van der Waals surface area contributed by atoms with Crippen molar-refractivity contribution in [3.05, 3.63) is 63.4 Å². The standard InChI is InChI=1S/C22H28ClFN3O9P/c1-13(2)34-17(29)14(3)26-37(32,36-15-8-6-5-7-9-15)33-12-22(24)18(30)21(4,23)19(35-22)27-11-10-16(28)25-20(27)31/h5-11,13-14,18-19,30H,12H2,1-4H3,(H,26,32)(H,25,28,31)/t14-,18-,19+,21+,22+,37?/m0/s1. The van der Waals surface area contributed by atoms with E-state index in [0.29, 0.717) is 0 Å². The summed E-state index contributed by atoms with van der Waals surface area (Å²) < 4.78 is 51.4. The molecule has 1 unspecified atom stereocenters. The van der Waals surface area contributed by atoms with Crippen molar-refractivity contribution < 1.29 is 37.4 Å². The lowest BCUT2D eigenvalue weighted by molar-refractivity contribution is -0.204. The normalized spacial score (nSPS) is 28.0. The molecule has 1 fully saturated rings. The highest BCUT2D eigenvalue weighted by Crippen LogP contribution is 2.52. The van der Waals surface area contributed by atoms with Gasteiger partial charge in [-0.1, -0.05) is 18.2 Å². The first-order valence-electron chi connectivity index (χ1n) is 11.2. The number of H-pyrrole nitrogens is 1. The number of benzene rings is 1. The number of aromatic nitrogens is 2. The lowest BCUT2D eigenvalue weighted by Crippen LogP contribution is -2.47. The summed E-state index contributed by atoms with van der Waals surface area (Å²) in [5.41, 5.74) is -1.67. The monoisotopic (exact) mass is 563 g/mol. The predicted molar refractivity (Wildman–Crippen MR) is 130 cm³/mol. The maximum Gasteiger partial charge on any atom is 0.459 e. The van der Waals surface area contributed by atoms with Crippen molar-refractivity contribution in [2.45, 2.75) is 62.9 Å². The number of alkyl halides is 2. The second-order valence-corrected chi connectivity index (χ2v) is 11.3. The van der Waals surface area contributed by atoms with Gasteiger partial charge in [0, 0.05) is 12.3 Å². The van der Waals surface area contributed by atoms with Crippen LogP contribution in [0, 0.1) is 0 Å². The van der Waals surface area contributed by atoms with E-state index in [0.717, 1.165) is 16.8 Å². The second kappa shape index (κ2) is 11.1. The Kier molecular flexibility index (Phi) is 8.68. The molecule has 6 atom stereocenters. The molecule has 0 saturated carbocycles. The van der Waals surface area contributed by atoms with Crippen molar-refractivity contribution in [3.8, 4) is 5.75 Å². The van der Waals surface area contributed by atoms with E-state index >= 15 is 4.39 Å². The van der Waals surface area contributed by atoms with Gasteiger partial charge >= 0.3 is 19.4 Å². The molecule has 3 N–H and O–H groups in total. The Morgan fingerprint density at radius 1 is 1.30 bits per heavy atom. The summed E-state index contributed by atoms with van der Waals surface area (Å²) in [6, 6.07) is 7.54. The third-order valence-electron chi connectivity index (χ3n) is 5.29. The number of esters is 1. The van der Waals surface area contributed by atoms with Crippen LogP contribution in [0.3, 0.4) is 0 Å². The number of aliphatic hydroxyl groups excluding tert-OH is 1. The summed E-state index contributed by atoms with van der Waals surface area (Å²) in [6.07, 6.45) is -3.12. The van der Waals surface area contributed by atoms with Gasteiger partial charge in [0.1, 0.15) is 29.4 Å². The molecule has 1 aromatic heterocycles. The lowest BCUT2D eigenvalue weighted by Gasteiger charge is -2.28. The first-order valence-corrected chi connectivity index (χ1v) is 13.1. The fourth-order valence-corrected chi connectivity index (χ4v) is 5.30. The first kappa shape index (κ1) is 29.0. The molecule has 12 nitrogen and oxygen atoms in total. The van der Waals surface area contributed by atoms with Crippen molar-refractivity contribution in [1.82, 2.24) is 14.6 Å². The van der Waals surface area contributed by atoms with Crippen molar-refractivity contribution in [1.29, 1.82) is 0 Å². The molecule has 37 heavy (non-hydrogen) atoms. The Hall–Kier alpha value is -2.54. The molecular weight excluding hydrogens is 536 g/mol. The Bertz CT molecular complexity index is 1270. The molecule has 0 bridgehead atoms. The van der Waals surface area contributed by atoms with E-state index in [9.17, 15) is 24.1 Å². The minimum Gasteiger partial charge on any atom is -0.462 e. The number of aliphatic hydroxyl groups is 1. The summed E-state index contributed by atoms with van der Waals surface area (Å²) in [5, 5.41) is 13.1. The Morgan fingerprint density at radius 2 is 1.95 bits per heavy atom. The molecule has 2 aromatic rings. The van der Waals surface area contributed by atoms with Gasteiger partial charge in [0.05, 0.1) is 6.10 Å². The molecule has 0 radical (unpaired) electrons. The van der Waals surface area contributed by atoms with Gasteiger partial charge in [-0.3, -0.25) is 23.7 Å². The molecule has 3 rings (SSSR count). The van der Waals surface area contributed by atoms with Gasteiger partial charge < -0.3 is 19.1 Å². The number of halogens is 2. The van der Waals surface area contributed by atoms with Gasteiger partial charge in [-0.05, 0) is 39.8 Å². The molecule has 1 saturated heterocycles. The third kappa shape index (κ3) is 6.67.